The van der Waals surface area contributed by atoms with Crippen LogP contribution in [0.25, 0.3) is 0 Å². The number of esters is 1. The summed E-state index contributed by atoms with van der Waals surface area (Å²) in [6.45, 7) is 15.0. The van der Waals surface area contributed by atoms with Gasteiger partial charge < -0.3 is 9.84 Å². The molecule has 29 heavy (non-hydrogen) atoms. The fourth-order valence-corrected chi connectivity index (χ4v) is 3.61. The minimum atomic E-state index is -0.330. The normalized spacial score (nSPS) is 13.0. The first kappa shape index (κ1) is 25.5. The van der Waals surface area contributed by atoms with Gasteiger partial charge in [0.2, 0.25) is 0 Å². The number of phenolic OH excluding ortho intramolecular Hbond substituents is 1. The molecule has 166 valence electrons. The van der Waals surface area contributed by atoms with E-state index in [4.69, 9.17) is 4.74 Å². The number of ether oxygens (including phenoxy) is 1. The second kappa shape index (κ2) is 12.2. The van der Waals surface area contributed by atoms with E-state index in [1.165, 1.54) is 38.5 Å². The maximum absolute atomic E-state index is 12.6. The molecule has 1 aromatic rings. The zero-order chi connectivity index (χ0) is 22.0. The van der Waals surface area contributed by atoms with Crippen molar-refractivity contribution < 1.29 is 14.6 Å². The van der Waals surface area contributed by atoms with Crippen LogP contribution in [0.3, 0.4) is 0 Å². The molecule has 3 heteroatoms. The standard InChI is InChI=1S/C26H44O3/c1-8-9-10-11-12-13-14-15-16-29-25(28)20(4)21-17-22(19(2)3)24(27)23(18-21)26(5,6)7/h17-20,27H,8-16H2,1-7H3. The molecule has 1 unspecified atom stereocenters. The first-order valence-electron chi connectivity index (χ1n) is 11.6. The van der Waals surface area contributed by atoms with E-state index in [0.29, 0.717) is 12.4 Å². The maximum atomic E-state index is 12.6. The summed E-state index contributed by atoms with van der Waals surface area (Å²) in [4.78, 5) is 12.6. The molecule has 1 rings (SSSR count). The van der Waals surface area contributed by atoms with Gasteiger partial charge in [-0.05, 0) is 41.4 Å². The third kappa shape index (κ3) is 8.40. The van der Waals surface area contributed by atoms with Gasteiger partial charge >= 0.3 is 5.97 Å². The number of carbonyl (C=O) groups is 1. The van der Waals surface area contributed by atoms with Gasteiger partial charge in [-0.2, -0.15) is 0 Å². The Morgan fingerprint density at radius 2 is 1.52 bits per heavy atom. The van der Waals surface area contributed by atoms with E-state index in [-0.39, 0.29) is 23.2 Å². The van der Waals surface area contributed by atoms with Gasteiger partial charge in [0.05, 0.1) is 12.5 Å². The van der Waals surface area contributed by atoms with Gasteiger partial charge in [0, 0.05) is 0 Å². The van der Waals surface area contributed by atoms with Gasteiger partial charge in [0.25, 0.3) is 0 Å². The lowest BCUT2D eigenvalue weighted by molar-refractivity contribution is -0.145. The fraction of sp³-hybridized carbons (Fsp3) is 0.731. The van der Waals surface area contributed by atoms with Crippen molar-refractivity contribution >= 4 is 5.97 Å². The highest BCUT2D eigenvalue weighted by Gasteiger charge is 2.26. The Balaban J connectivity index is 2.63. The summed E-state index contributed by atoms with van der Waals surface area (Å²) < 4.78 is 5.56. The Morgan fingerprint density at radius 3 is 2.03 bits per heavy atom. The van der Waals surface area contributed by atoms with Crippen LogP contribution >= 0.6 is 0 Å². The zero-order valence-electron chi connectivity index (χ0n) is 19.9. The van der Waals surface area contributed by atoms with Gasteiger partial charge in [-0.3, -0.25) is 4.79 Å². The lowest BCUT2D eigenvalue weighted by atomic mass is 9.81. The van der Waals surface area contributed by atoms with E-state index in [9.17, 15) is 9.90 Å². The molecule has 0 heterocycles. The molecular formula is C26H44O3. The first-order valence-corrected chi connectivity index (χ1v) is 11.6. The monoisotopic (exact) mass is 404 g/mol. The SMILES string of the molecule is CCCCCCCCCCOC(=O)C(C)c1cc(C(C)C)c(O)c(C(C)(C)C)c1. The Hall–Kier alpha value is -1.51. The largest absolute Gasteiger partial charge is 0.507 e. The molecule has 0 bridgehead atoms. The predicted octanol–water partition coefficient (Wildman–Crippen LogP) is 7.60. The number of benzene rings is 1. The average molecular weight is 405 g/mol. The molecule has 0 aliphatic heterocycles. The predicted molar refractivity (Wildman–Crippen MR) is 123 cm³/mol. The molecule has 1 N–H and O–H groups in total. The number of phenols is 1. The summed E-state index contributed by atoms with van der Waals surface area (Å²) in [7, 11) is 0. The van der Waals surface area contributed by atoms with Crippen molar-refractivity contribution in [3.05, 3.63) is 28.8 Å². The number of aromatic hydroxyl groups is 1. The highest BCUT2D eigenvalue weighted by atomic mass is 16.5. The van der Waals surface area contributed by atoms with Crippen molar-refractivity contribution in [3.63, 3.8) is 0 Å². The van der Waals surface area contributed by atoms with Crippen LogP contribution in [-0.4, -0.2) is 17.7 Å². The van der Waals surface area contributed by atoms with E-state index in [1.54, 1.807) is 0 Å². The Bertz CT molecular complexity index is 626. The molecule has 0 saturated heterocycles. The fourth-order valence-electron chi connectivity index (χ4n) is 3.61. The van der Waals surface area contributed by atoms with Gasteiger partial charge in [-0.15, -0.1) is 0 Å². The summed E-state index contributed by atoms with van der Waals surface area (Å²) in [6.07, 6.45) is 9.84. The minimum absolute atomic E-state index is 0.173. The summed E-state index contributed by atoms with van der Waals surface area (Å²) >= 11 is 0. The lowest BCUT2D eigenvalue weighted by Gasteiger charge is -2.25. The van der Waals surface area contributed by atoms with E-state index in [2.05, 4.69) is 41.5 Å². The van der Waals surface area contributed by atoms with Crippen LogP contribution in [0.2, 0.25) is 0 Å². The topological polar surface area (TPSA) is 46.5 Å². The quantitative estimate of drug-likeness (QED) is 0.288. The lowest BCUT2D eigenvalue weighted by Crippen LogP contribution is -2.17. The summed E-state index contributed by atoms with van der Waals surface area (Å²) in [5.41, 5.74) is 2.53. The van der Waals surface area contributed by atoms with Crippen LogP contribution in [0.15, 0.2) is 12.1 Å². The molecule has 1 atom stereocenters. The van der Waals surface area contributed by atoms with Gasteiger partial charge in [0.1, 0.15) is 5.75 Å². The van der Waals surface area contributed by atoms with Crippen LogP contribution < -0.4 is 0 Å². The molecule has 0 fully saturated rings. The summed E-state index contributed by atoms with van der Waals surface area (Å²) in [6, 6.07) is 3.95. The van der Waals surface area contributed by atoms with E-state index >= 15 is 0 Å². The van der Waals surface area contributed by atoms with E-state index < -0.39 is 0 Å². The maximum Gasteiger partial charge on any atom is 0.313 e. The minimum Gasteiger partial charge on any atom is -0.507 e. The molecule has 0 aliphatic rings. The van der Waals surface area contributed by atoms with Gasteiger partial charge in [-0.1, -0.05) is 98.6 Å². The second-order valence-electron chi connectivity index (χ2n) is 9.78. The second-order valence-corrected chi connectivity index (χ2v) is 9.78. The third-order valence-electron chi connectivity index (χ3n) is 5.69. The van der Waals surface area contributed by atoms with Crippen molar-refractivity contribution in [2.45, 2.75) is 117 Å². The third-order valence-corrected chi connectivity index (χ3v) is 5.69. The highest BCUT2D eigenvalue weighted by molar-refractivity contribution is 5.78. The highest BCUT2D eigenvalue weighted by Crippen LogP contribution is 2.39. The van der Waals surface area contributed by atoms with Crippen LogP contribution in [0.5, 0.6) is 5.75 Å². The zero-order valence-corrected chi connectivity index (χ0v) is 19.9. The number of rotatable bonds is 12. The average Bonchev–Trinajstić information content (AvgIpc) is 2.64. The smallest absolute Gasteiger partial charge is 0.313 e. The van der Waals surface area contributed by atoms with Crippen LogP contribution in [0.1, 0.15) is 128 Å². The number of carbonyl (C=O) groups excluding carboxylic acids is 1. The molecule has 0 aliphatic carbocycles. The van der Waals surface area contributed by atoms with Crippen molar-refractivity contribution in [1.82, 2.24) is 0 Å². The van der Waals surface area contributed by atoms with Crippen LogP contribution in [-0.2, 0) is 14.9 Å². The number of hydrogen-bond acceptors (Lipinski definition) is 3. The first-order chi connectivity index (χ1) is 13.6. The Kier molecular flexibility index (Phi) is 10.8. The van der Waals surface area contributed by atoms with Crippen molar-refractivity contribution in [3.8, 4) is 5.75 Å². The van der Waals surface area contributed by atoms with Gasteiger partial charge in [0.15, 0.2) is 0 Å². The number of unbranched alkanes of at least 4 members (excludes halogenated alkanes) is 7. The molecule has 0 amide bonds. The molecular weight excluding hydrogens is 360 g/mol. The van der Waals surface area contributed by atoms with Crippen molar-refractivity contribution in [2.75, 3.05) is 6.61 Å². The Morgan fingerprint density at radius 1 is 0.966 bits per heavy atom. The van der Waals surface area contributed by atoms with Crippen molar-refractivity contribution in [2.24, 2.45) is 0 Å². The van der Waals surface area contributed by atoms with Gasteiger partial charge in [-0.25, -0.2) is 0 Å². The molecule has 0 aromatic heterocycles. The molecule has 1 aromatic carbocycles. The van der Waals surface area contributed by atoms with E-state index in [1.807, 2.05) is 19.1 Å². The molecule has 3 nitrogen and oxygen atoms in total. The number of hydrogen-bond donors (Lipinski definition) is 1. The molecule has 0 saturated carbocycles. The Labute approximate surface area is 179 Å². The van der Waals surface area contributed by atoms with Crippen molar-refractivity contribution in [1.29, 1.82) is 0 Å². The molecule has 0 radical (unpaired) electrons. The van der Waals surface area contributed by atoms with Crippen LogP contribution in [0.4, 0.5) is 0 Å². The summed E-state index contributed by atoms with van der Waals surface area (Å²) in [5, 5.41) is 10.7. The summed E-state index contributed by atoms with van der Waals surface area (Å²) in [5.74, 6) is 0.0452. The van der Waals surface area contributed by atoms with E-state index in [0.717, 1.165) is 29.5 Å². The van der Waals surface area contributed by atoms with Crippen LogP contribution in [0, 0.1) is 0 Å². The molecule has 0 spiro atoms.